The topological polar surface area (TPSA) is 90.1 Å². The molecule has 4 nitrogen and oxygen atoms in total. The van der Waals surface area contributed by atoms with E-state index >= 15 is 0 Å². The highest BCUT2D eigenvalue weighted by molar-refractivity contribution is 4.47. The van der Waals surface area contributed by atoms with Gasteiger partial charge in [-0.2, -0.15) is 0 Å². The monoisotopic (exact) mass is 246 g/mol. The van der Waals surface area contributed by atoms with E-state index in [1.807, 2.05) is 0 Å². The number of nitrogens with one attached hydrogen (secondary N) is 1. The van der Waals surface area contributed by atoms with Gasteiger partial charge < -0.3 is 22.5 Å². The lowest BCUT2D eigenvalue weighted by molar-refractivity contribution is 0.602. The van der Waals surface area contributed by atoms with Crippen LogP contribution in [0, 0.1) is 0 Å². The Hall–Kier alpha value is -0.160. The summed E-state index contributed by atoms with van der Waals surface area (Å²) in [6, 6.07) is 0. The molecule has 0 aromatic heterocycles. The third-order valence-electron chi connectivity index (χ3n) is 2.39. The lowest BCUT2D eigenvalue weighted by Gasteiger charge is -2.00. The fourth-order valence-corrected chi connectivity index (χ4v) is 1.34. The first-order valence-electron chi connectivity index (χ1n) is 7.14. The van der Waals surface area contributed by atoms with Crippen LogP contribution < -0.4 is 22.5 Å². The number of nitrogens with two attached hydrogens (primary N) is 3. The van der Waals surface area contributed by atoms with Gasteiger partial charge in [0.2, 0.25) is 0 Å². The van der Waals surface area contributed by atoms with Crippen molar-refractivity contribution in [1.82, 2.24) is 5.32 Å². The average Bonchev–Trinajstić information content (AvgIpc) is 2.35. The molecule has 7 N–H and O–H groups in total. The van der Waals surface area contributed by atoms with Crippen LogP contribution in [-0.2, 0) is 0 Å². The van der Waals surface area contributed by atoms with Gasteiger partial charge in [-0.3, -0.25) is 0 Å². The molecule has 0 aromatic carbocycles. The summed E-state index contributed by atoms with van der Waals surface area (Å²) in [4.78, 5) is 0. The molecule has 0 fully saturated rings. The Balaban J connectivity index is 0. The Bertz CT molecular complexity index is 97.6. The van der Waals surface area contributed by atoms with Gasteiger partial charge in [0, 0.05) is 0 Å². The Kier molecular flexibility index (Phi) is 23.9. The summed E-state index contributed by atoms with van der Waals surface area (Å²) in [6.45, 7) is 6.96. The van der Waals surface area contributed by atoms with E-state index in [1.165, 1.54) is 32.1 Å². The SMILES string of the molecule is CCCNCCCCCN.NCCCCCN. The Morgan fingerprint density at radius 2 is 1.12 bits per heavy atom. The summed E-state index contributed by atoms with van der Waals surface area (Å²) in [5, 5.41) is 3.35. The first kappa shape index (κ1) is 19.2. The van der Waals surface area contributed by atoms with E-state index < -0.39 is 0 Å². The molecule has 0 radical (unpaired) electrons. The van der Waals surface area contributed by atoms with Crippen LogP contribution in [0.25, 0.3) is 0 Å². The summed E-state index contributed by atoms with van der Waals surface area (Å²) < 4.78 is 0. The molecule has 0 heterocycles. The van der Waals surface area contributed by atoms with E-state index in [-0.39, 0.29) is 0 Å². The fourth-order valence-electron chi connectivity index (χ4n) is 1.34. The van der Waals surface area contributed by atoms with Crippen LogP contribution in [0.5, 0.6) is 0 Å². The van der Waals surface area contributed by atoms with Gasteiger partial charge in [0.25, 0.3) is 0 Å². The van der Waals surface area contributed by atoms with E-state index in [4.69, 9.17) is 17.2 Å². The van der Waals surface area contributed by atoms with Crippen LogP contribution in [0.15, 0.2) is 0 Å². The van der Waals surface area contributed by atoms with E-state index in [1.54, 1.807) is 0 Å². The van der Waals surface area contributed by atoms with Crippen LogP contribution in [0.3, 0.4) is 0 Å². The molecule has 17 heavy (non-hydrogen) atoms. The zero-order valence-electron chi connectivity index (χ0n) is 11.7. The Morgan fingerprint density at radius 1 is 0.647 bits per heavy atom. The number of unbranched alkanes of at least 4 members (excludes halogenated alkanes) is 4. The number of rotatable bonds is 11. The molecule has 0 aliphatic carbocycles. The lowest BCUT2D eigenvalue weighted by Crippen LogP contribution is -2.16. The highest BCUT2D eigenvalue weighted by Gasteiger charge is 1.86. The highest BCUT2D eigenvalue weighted by atomic mass is 14.8. The quantitative estimate of drug-likeness (QED) is 0.412. The van der Waals surface area contributed by atoms with Gasteiger partial charge in [-0.05, 0) is 64.8 Å². The standard InChI is InChI=1S/C8H20N2.C5H14N2/c1-2-7-10-8-5-3-4-6-9;6-4-2-1-3-5-7/h10H,2-9H2,1H3;1-7H2. The van der Waals surface area contributed by atoms with Crippen LogP contribution in [0.1, 0.15) is 51.9 Å². The molecule has 4 heteroatoms. The van der Waals surface area contributed by atoms with E-state index in [2.05, 4.69) is 12.2 Å². The van der Waals surface area contributed by atoms with E-state index in [0.29, 0.717) is 0 Å². The number of hydrogen-bond donors (Lipinski definition) is 4. The minimum absolute atomic E-state index is 0.806. The molecule has 0 amide bonds. The summed E-state index contributed by atoms with van der Waals surface area (Å²) >= 11 is 0. The van der Waals surface area contributed by atoms with Crippen LogP contribution in [0.4, 0.5) is 0 Å². The van der Waals surface area contributed by atoms with Gasteiger partial charge in [-0.15, -0.1) is 0 Å². The second kappa shape index (κ2) is 21.2. The highest BCUT2D eigenvalue weighted by Crippen LogP contribution is 1.90. The molecule has 0 saturated heterocycles. The van der Waals surface area contributed by atoms with Crippen molar-refractivity contribution in [2.45, 2.75) is 51.9 Å². The van der Waals surface area contributed by atoms with Crippen molar-refractivity contribution in [3.8, 4) is 0 Å². The first-order chi connectivity index (χ1) is 8.33. The summed E-state index contributed by atoms with van der Waals surface area (Å²) in [5.41, 5.74) is 15.8. The largest absolute Gasteiger partial charge is 0.330 e. The summed E-state index contributed by atoms with van der Waals surface area (Å²) in [7, 11) is 0. The maximum absolute atomic E-state index is 5.35. The van der Waals surface area contributed by atoms with E-state index in [9.17, 15) is 0 Å². The molecule has 0 aromatic rings. The van der Waals surface area contributed by atoms with E-state index in [0.717, 1.165) is 45.6 Å². The zero-order chi connectivity index (χ0) is 13.2. The minimum Gasteiger partial charge on any atom is -0.330 e. The van der Waals surface area contributed by atoms with Crippen molar-refractivity contribution in [2.75, 3.05) is 32.7 Å². The molecule has 0 unspecified atom stereocenters. The molecule has 0 bridgehead atoms. The minimum atomic E-state index is 0.806. The Labute approximate surface area is 108 Å². The second-order valence-corrected chi connectivity index (χ2v) is 4.24. The van der Waals surface area contributed by atoms with Gasteiger partial charge >= 0.3 is 0 Å². The van der Waals surface area contributed by atoms with Crippen molar-refractivity contribution >= 4 is 0 Å². The molecule has 0 atom stereocenters. The van der Waals surface area contributed by atoms with Gasteiger partial charge in [0.15, 0.2) is 0 Å². The third kappa shape index (κ3) is 25.8. The van der Waals surface area contributed by atoms with Crippen LogP contribution in [0.2, 0.25) is 0 Å². The maximum atomic E-state index is 5.35. The van der Waals surface area contributed by atoms with Gasteiger partial charge in [-0.1, -0.05) is 19.8 Å². The molecule has 0 aliphatic heterocycles. The fraction of sp³-hybridized carbons (Fsp3) is 1.00. The average molecular weight is 246 g/mol. The zero-order valence-corrected chi connectivity index (χ0v) is 11.7. The molecule has 0 rings (SSSR count). The number of hydrogen-bond acceptors (Lipinski definition) is 4. The summed E-state index contributed by atoms with van der Waals surface area (Å²) in [5.74, 6) is 0. The van der Waals surface area contributed by atoms with Gasteiger partial charge in [0.1, 0.15) is 0 Å². The van der Waals surface area contributed by atoms with Crippen molar-refractivity contribution in [3.63, 3.8) is 0 Å². The maximum Gasteiger partial charge on any atom is -0.00489 e. The van der Waals surface area contributed by atoms with Crippen molar-refractivity contribution in [3.05, 3.63) is 0 Å². The molecule has 0 spiro atoms. The smallest absolute Gasteiger partial charge is 0.00489 e. The van der Waals surface area contributed by atoms with Gasteiger partial charge in [0.05, 0.1) is 0 Å². The predicted molar refractivity (Wildman–Crippen MR) is 78.0 cm³/mol. The third-order valence-corrected chi connectivity index (χ3v) is 2.39. The van der Waals surface area contributed by atoms with Crippen molar-refractivity contribution < 1.29 is 0 Å². The first-order valence-corrected chi connectivity index (χ1v) is 7.14. The van der Waals surface area contributed by atoms with Crippen molar-refractivity contribution in [1.29, 1.82) is 0 Å². The molecular formula is C13H34N4. The Morgan fingerprint density at radius 3 is 1.53 bits per heavy atom. The normalized spacial score (nSPS) is 9.88. The lowest BCUT2D eigenvalue weighted by atomic mass is 10.2. The van der Waals surface area contributed by atoms with Crippen molar-refractivity contribution in [2.24, 2.45) is 17.2 Å². The van der Waals surface area contributed by atoms with Crippen LogP contribution in [-0.4, -0.2) is 32.7 Å². The second-order valence-electron chi connectivity index (χ2n) is 4.24. The predicted octanol–water partition coefficient (Wildman–Crippen LogP) is 1.19. The molecular weight excluding hydrogens is 212 g/mol. The molecule has 0 saturated carbocycles. The molecule has 0 aliphatic rings. The molecule has 106 valence electrons. The van der Waals surface area contributed by atoms with Gasteiger partial charge in [-0.25, -0.2) is 0 Å². The van der Waals surface area contributed by atoms with Crippen LogP contribution >= 0.6 is 0 Å². The summed E-state index contributed by atoms with van der Waals surface area (Å²) in [6.07, 6.45) is 8.39.